The fraction of sp³-hybridized carbons (Fsp3) is 0.188. The summed E-state index contributed by atoms with van der Waals surface area (Å²) in [4.78, 5) is 11.7. The minimum absolute atomic E-state index is 0.109. The second-order valence-corrected chi connectivity index (χ2v) is 6.83. The van der Waals surface area contributed by atoms with Gasteiger partial charge in [-0.1, -0.05) is 36.4 Å². The van der Waals surface area contributed by atoms with E-state index >= 15 is 0 Å². The van der Waals surface area contributed by atoms with Crippen LogP contribution in [0, 0.1) is 13.8 Å². The molecule has 1 amide bonds. The molecule has 0 unspecified atom stereocenters. The molecule has 0 aliphatic rings. The first-order valence-corrected chi connectivity index (χ1v) is 8.23. The van der Waals surface area contributed by atoms with Crippen LogP contribution in [-0.4, -0.2) is 14.3 Å². The predicted molar refractivity (Wildman–Crippen MR) is 84.6 cm³/mol. The van der Waals surface area contributed by atoms with E-state index in [1.807, 2.05) is 13.8 Å². The largest absolute Gasteiger partial charge is 0.368 e. The van der Waals surface area contributed by atoms with E-state index in [1.165, 1.54) is 6.07 Å². The van der Waals surface area contributed by atoms with Crippen LogP contribution in [0.2, 0.25) is 0 Å². The van der Waals surface area contributed by atoms with Gasteiger partial charge in [-0.05, 0) is 42.7 Å². The van der Waals surface area contributed by atoms with Gasteiger partial charge in [-0.2, -0.15) is 4.72 Å². The summed E-state index contributed by atoms with van der Waals surface area (Å²) in [6.45, 7) is 3.73. The first-order chi connectivity index (χ1) is 10.3. The van der Waals surface area contributed by atoms with Crippen molar-refractivity contribution < 1.29 is 13.2 Å². The third kappa shape index (κ3) is 3.52. The number of hydrogen-bond donors (Lipinski definition) is 2. The van der Waals surface area contributed by atoms with E-state index in [-0.39, 0.29) is 4.90 Å². The highest BCUT2D eigenvalue weighted by Gasteiger charge is 2.25. The zero-order valence-electron chi connectivity index (χ0n) is 12.4. The molecule has 0 saturated heterocycles. The summed E-state index contributed by atoms with van der Waals surface area (Å²) in [5.41, 5.74) is 7.70. The SMILES string of the molecule is Cc1ccc(S(=O)(=O)N[C@@H](C(N)=O)c2ccccc2)cc1C. The molecule has 0 aromatic heterocycles. The lowest BCUT2D eigenvalue weighted by Gasteiger charge is -2.16. The third-order valence-corrected chi connectivity index (χ3v) is 4.90. The maximum Gasteiger partial charge on any atom is 0.241 e. The van der Waals surface area contributed by atoms with Gasteiger partial charge in [0.05, 0.1) is 4.90 Å². The fourth-order valence-electron chi connectivity index (χ4n) is 2.04. The standard InChI is InChI=1S/C16H18N2O3S/c1-11-8-9-14(10-12(11)2)22(20,21)18-15(16(17)19)13-6-4-3-5-7-13/h3-10,15,18H,1-2H3,(H2,17,19)/t15-/m1/s1. The Kier molecular flexibility index (Phi) is 4.63. The van der Waals surface area contributed by atoms with Crippen molar-refractivity contribution in [2.75, 3.05) is 0 Å². The number of sulfonamides is 1. The molecular formula is C16H18N2O3S. The highest BCUT2D eigenvalue weighted by molar-refractivity contribution is 7.89. The fourth-order valence-corrected chi connectivity index (χ4v) is 3.32. The van der Waals surface area contributed by atoms with E-state index in [1.54, 1.807) is 42.5 Å². The zero-order valence-corrected chi connectivity index (χ0v) is 13.2. The highest BCUT2D eigenvalue weighted by atomic mass is 32.2. The molecule has 0 saturated carbocycles. The van der Waals surface area contributed by atoms with E-state index in [2.05, 4.69) is 4.72 Å². The maximum atomic E-state index is 12.5. The second kappa shape index (κ2) is 6.29. The Morgan fingerprint density at radius 2 is 1.68 bits per heavy atom. The van der Waals surface area contributed by atoms with Gasteiger partial charge >= 0.3 is 0 Å². The number of nitrogens with two attached hydrogens (primary N) is 1. The van der Waals surface area contributed by atoms with E-state index in [4.69, 9.17) is 5.73 Å². The molecule has 2 aromatic rings. The number of rotatable bonds is 5. The summed E-state index contributed by atoms with van der Waals surface area (Å²) in [5, 5.41) is 0. The number of nitrogens with one attached hydrogen (secondary N) is 1. The van der Waals surface area contributed by atoms with Crippen LogP contribution in [-0.2, 0) is 14.8 Å². The van der Waals surface area contributed by atoms with Gasteiger partial charge in [0, 0.05) is 0 Å². The van der Waals surface area contributed by atoms with Crippen LogP contribution in [0.4, 0.5) is 0 Å². The van der Waals surface area contributed by atoms with E-state index in [0.717, 1.165) is 11.1 Å². The lowest BCUT2D eigenvalue weighted by atomic mass is 10.1. The summed E-state index contributed by atoms with van der Waals surface area (Å²) in [6, 6.07) is 12.2. The average Bonchev–Trinajstić information content (AvgIpc) is 2.48. The molecular weight excluding hydrogens is 300 g/mol. The van der Waals surface area contributed by atoms with Crippen molar-refractivity contribution in [2.45, 2.75) is 24.8 Å². The van der Waals surface area contributed by atoms with Crippen LogP contribution in [0.3, 0.4) is 0 Å². The summed E-state index contributed by atoms with van der Waals surface area (Å²) in [7, 11) is -3.84. The van der Waals surface area contributed by atoms with Gasteiger partial charge in [-0.3, -0.25) is 4.79 Å². The molecule has 22 heavy (non-hydrogen) atoms. The zero-order chi connectivity index (χ0) is 16.3. The molecule has 6 heteroatoms. The molecule has 0 radical (unpaired) electrons. The summed E-state index contributed by atoms with van der Waals surface area (Å²) < 4.78 is 27.3. The Bertz CT molecular complexity index is 786. The van der Waals surface area contributed by atoms with Crippen LogP contribution < -0.4 is 10.5 Å². The molecule has 2 rings (SSSR count). The predicted octanol–water partition coefficient (Wildman–Crippen LogP) is 1.81. The summed E-state index contributed by atoms with van der Waals surface area (Å²) in [6.07, 6.45) is 0. The normalized spacial score (nSPS) is 12.8. The van der Waals surface area contributed by atoms with Crippen molar-refractivity contribution in [3.05, 3.63) is 65.2 Å². The van der Waals surface area contributed by atoms with Gasteiger partial charge in [0.15, 0.2) is 0 Å². The molecule has 0 aliphatic heterocycles. The first-order valence-electron chi connectivity index (χ1n) is 6.75. The molecule has 5 nitrogen and oxygen atoms in total. The van der Waals surface area contributed by atoms with Crippen LogP contribution >= 0.6 is 0 Å². The van der Waals surface area contributed by atoms with Crippen molar-refractivity contribution in [3.63, 3.8) is 0 Å². The number of carbonyl (C=O) groups excluding carboxylic acids is 1. The van der Waals surface area contributed by atoms with Gasteiger partial charge in [-0.15, -0.1) is 0 Å². The minimum atomic E-state index is -3.84. The molecule has 3 N–H and O–H groups in total. The molecule has 1 atom stereocenters. The Morgan fingerprint density at radius 1 is 1.05 bits per heavy atom. The van der Waals surface area contributed by atoms with Crippen molar-refractivity contribution in [3.8, 4) is 0 Å². The van der Waals surface area contributed by atoms with Crippen molar-refractivity contribution in [1.82, 2.24) is 4.72 Å². The van der Waals surface area contributed by atoms with Gasteiger partial charge in [0.2, 0.25) is 15.9 Å². The van der Waals surface area contributed by atoms with Crippen LogP contribution in [0.5, 0.6) is 0 Å². The molecule has 116 valence electrons. The molecule has 0 heterocycles. The van der Waals surface area contributed by atoms with Gasteiger partial charge in [0.1, 0.15) is 6.04 Å². The first kappa shape index (κ1) is 16.2. The Balaban J connectivity index is 2.36. The van der Waals surface area contributed by atoms with Crippen LogP contribution in [0.25, 0.3) is 0 Å². The number of amides is 1. The van der Waals surface area contributed by atoms with E-state index < -0.39 is 22.0 Å². The second-order valence-electron chi connectivity index (χ2n) is 5.11. The molecule has 0 bridgehead atoms. The Labute approximate surface area is 130 Å². The molecule has 0 aliphatic carbocycles. The third-order valence-electron chi connectivity index (χ3n) is 3.48. The summed E-state index contributed by atoms with van der Waals surface area (Å²) >= 11 is 0. The van der Waals surface area contributed by atoms with Crippen LogP contribution in [0.1, 0.15) is 22.7 Å². The summed E-state index contributed by atoms with van der Waals surface area (Å²) in [5.74, 6) is -0.751. The number of carbonyl (C=O) groups is 1. The minimum Gasteiger partial charge on any atom is -0.368 e. The van der Waals surface area contributed by atoms with E-state index in [0.29, 0.717) is 5.56 Å². The number of primary amides is 1. The van der Waals surface area contributed by atoms with Crippen molar-refractivity contribution in [1.29, 1.82) is 0 Å². The van der Waals surface area contributed by atoms with Gasteiger partial charge in [-0.25, -0.2) is 8.42 Å². The van der Waals surface area contributed by atoms with Gasteiger partial charge in [0.25, 0.3) is 0 Å². The maximum absolute atomic E-state index is 12.5. The van der Waals surface area contributed by atoms with Crippen molar-refractivity contribution in [2.24, 2.45) is 5.73 Å². The Morgan fingerprint density at radius 3 is 2.23 bits per heavy atom. The van der Waals surface area contributed by atoms with Gasteiger partial charge < -0.3 is 5.73 Å². The lowest BCUT2D eigenvalue weighted by Crippen LogP contribution is -2.37. The van der Waals surface area contributed by atoms with Crippen molar-refractivity contribution >= 4 is 15.9 Å². The topological polar surface area (TPSA) is 89.3 Å². The molecule has 0 fully saturated rings. The highest BCUT2D eigenvalue weighted by Crippen LogP contribution is 2.19. The number of benzene rings is 2. The monoisotopic (exact) mass is 318 g/mol. The quantitative estimate of drug-likeness (QED) is 0.881. The van der Waals surface area contributed by atoms with E-state index in [9.17, 15) is 13.2 Å². The number of aryl methyl sites for hydroxylation is 2. The Hall–Kier alpha value is -2.18. The van der Waals surface area contributed by atoms with Crippen LogP contribution in [0.15, 0.2) is 53.4 Å². The molecule has 0 spiro atoms. The smallest absolute Gasteiger partial charge is 0.241 e. The lowest BCUT2D eigenvalue weighted by molar-refractivity contribution is -0.119. The average molecular weight is 318 g/mol. The molecule has 2 aromatic carbocycles. The number of hydrogen-bond acceptors (Lipinski definition) is 3.